The van der Waals surface area contributed by atoms with E-state index in [-0.39, 0.29) is 11.9 Å². The molecule has 1 aliphatic heterocycles. The van der Waals surface area contributed by atoms with Crippen molar-refractivity contribution in [2.24, 2.45) is 17.6 Å². The molecule has 1 aromatic rings. The van der Waals surface area contributed by atoms with Crippen molar-refractivity contribution in [1.29, 1.82) is 0 Å². The monoisotopic (exact) mass is 264 g/mol. The Hall–Kier alpha value is -0.930. The number of piperidine rings is 1. The quantitative estimate of drug-likeness (QED) is 0.908. The van der Waals surface area contributed by atoms with Crippen LogP contribution in [0.5, 0.6) is 0 Å². The fourth-order valence-corrected chi connectivity index (χ4v) is 3.17. The maximum absolute atomic E-state index is 13.2. The molecule has 4 unspecified atom stereocenters. The van der Waals surface area contributed by atoms with Crippen LogP contribution in [-0.2, 0) is 0 Å². The standard InChI is InChI=1S/C16H25FN2/c1-11-7-12(2)13(3)19(9-11)10-16(18)14-5-4-6-15(17)8-14/h4-6,8,11-13,16H,7,9-10,18H2,1-3H3. The minimum Gasteiger partial charge on any atom is -0.323 e. The molecule has 2 N–H and O–H groups in total. The number of hydrogen-bond donors (Lipinski definition) is 1. The molecule has 19 heavy (non-hydrogen) atoms. The maximum atomic E-state index is 13.2. The van der Waals surface area contributed by atoms with Gasteiger partial charge in [0.05, 0.1) is 0 Å². The minimum atomic E-state index is -0.207. The first-order chi connectivity index (χ1) is 8.97. The number of likely N-dealkylation sites (tertiary alicyclic amines) is 1. The second-order valence-corrected chi connectivity index (χ2v) is 6.17. The van der Waals surface area contributed by atoms with Crippen molar-refractivity contribution in [2.75, 3.05) is 13.1 Å². The normalized spacial score (nSPS) is 30.3. The smallest absolute Gasteiger partial charge is 0.123 e. The van der Waals surface area contributed by atoms with E-state index in [4.69, 9.17) is 5.73 Å². The number of halogens is 1. The van der Waals surface area contributed by atoms with E-state index in [1.165, 1.54) is 12.5 Å². The van der Waals surface area contributed by atoms with Gasteiger partial charge in [-0.25, -0.2) is 4.39 Å². The van der Waals surface area contributed by atoms with Gasteiger partial charge in [0.25, 0.3) is 0 Å². The second kappa shape index (κ2) is 6.02. The van der Waals surface area contributed by atoms with Gasteiger partial charge in [0.2, 0.25) is 0 Å². The molecule has 1 aliphatic rings. The summed E-state index contributed by atoms with van der Waals surface area (Å²) in [6.45, 7) is 8.77. The Morgan fingerprint density at radius 2 is 2.11 bits per heavy atom. The van der Waals surface area contributed by atoms with Gasteiger partial charge in [0, 0.05) is 25.2 Å². The maximum Gasteiger partial charge on any atom is 0.123 e. The lowest BCUT2D eigenvalue weighted by atomic mass is 9.85. The molecule has 0 radical (unpaired) electrons. The van der Waals surface area contributed by atoms with Crippen molar-refractivity contribution in [3.8, 4) is 0 Å². The predicted octanol–water partition coefficient (Wildman–Crippen LogP) is 3.19. The average Bonchev–Trinajstić information content (AvgIpc) is 2.35. The Morgan fingerprint density at radius 1 is 1.37 bits per heavy atom. The summed E-state index contributed by atoms with van der Waals surface area (Å²) in [6.07, 6.45) is 1.28. The Labute approximate surface area is 115 Å². The van der Waals surface area contributed by atoms with E-state index in [1.54, 1.807) is 12.1 Å². The van der Waals surface area contributed by atoms with E-state index in [1.807, 2.05) is 6.07 Å². The molecule has 3 heteroatoms. The highest BCUT2D eigenvalue weighted by molar-refractivity contribution is 5.20. The lowest BCUT2D eigenvalue weighted by molar-refractivity contribution is 0.0741. The number of hydrogen-bond acceptors (Lipinski definition) is 2. The van der Waals surface area contributed by atoms with Crippen molar-refractivity contribution in [3.05, 3.63) is 35.6 Å². The molecule has 0 aromatic heterocycles. The molecule has 4 atom stereocenters. The average molecular weight is 264 g/mol. The summed E-state index contributed by atoms with van der Waals surface area (Å²) >= 11 is 0. The molecule has 1 heterocycles. The highest BCUT2D eigenvalue weighted by Gasteiger charge is 2.29. The van der Waals surface area contributed by atoms with Crippen molar-refractivity contribution >= 4 is 0 Å². The van der Waals surface area contributed by atoms with E-state index >= 15 is 0 Å². The molecule has 0 amide bonds. The van der Waals surface area contributed by atoms with Gasteiger partial charge in [-0.05, 0) is 42.9 Å². The van der Waals surface area contributed by atoms with Gasteiger partial charge < -0.3 is 5.73 Å². The van der Waals surface area contributed by atoms with Gasteiger partial charge >= 0.3 is 0 Å². The van der Waals surface area contributed by atoms with Crippen LogP contribution in [-0.4, -0.2) is 24.0 Å². The zero-order chi connectivity index (χ0) is 14.0. The third kappa shape index (κ3) is 3.54. The van der Waals surface area contributed by atoms with E-state index in [9.17, 15) is 4.39 Å². The molecule has 1 aromatic carbocycles. The third-order valence-electron chi connectivity index (χ3n) is 4.43. The van der Waals surface area contributed by atoms with Crippen LogP contribution in [0, 0.1) is 17.7 Å². The van der Waals surface area contributed by atoms with Crippen LogP contribution in [0.2, 0.25) is 0 Å². The highest BCUT2D eigenvalue weighted by atomic mass is 19.1. The number of rotatable bonds is 3. The Bertz CT molecular complexity index is 421. The molecule has 0 bridgehead atoms. The van der Waals surface area contributed by atoms with Crippen molar-refractivity contribution < 1.29 is 4.39 Å². The zero-order valence-corrected chi connectivity index (χ0v) is 12.1. The lowest BCUT2D eigenvalue weighted by Crippen LogP contribution is -2.48. The summed E-state index contributed by atoms with van der Waals surface area (Å²) in [5, 5.41) is 0. The van der Waals surface area contributed by atoms with Crippen LogP contribution in [0.1, 0.15) is 38.8 Å². The lowest BCUT2D eigenvalue weighted by Gasteiger charge is -2.42. The summed E-state index contributed by atoms with van der Waals surface area (Å²) in [7, 11) is 0. The molecule has 1 saturated heterocycles. The first kappa shape index (κ1) is 14.5. The van der Waals surface area contributed by atoms with Gasteiger partial charge in [-0.15, -0.1) is 0 Å². The van der Waals surface area contributed by atoms with Gasteiger partial charge in [0.15, 0.2) is 0 Å². The van der Waals surface area contributed by atoms with Crippen molar-refractivity contribution in [1.82, 2.24) is 4.90 Å². The van der Waals surface area contributed by atoms with Crippen LogP contribution in [0.4, 0.5) is 4.39 Å². The van der Waals surface area contributed by atoms with E-state index in [0.717, 1.165) is 18.7 Å². The fourth-order valence-electron chi connectivity index (χ4n) is 3.17. The van der Waals surface area contributed by atoms with Crippen LogP contribution < -0.4 is 5.73 Å². The van der Waals surface area contributed by atoms with Gasteiger partial charge in [-0.1, -0.05) is 26.0 Å². The zero-order valence-electron chi connectivity index (χ0n) is 12.1. The Morgan fingerprint density at radius 3 is 2.79 bits per heavy atom. The molecule has 2 nitrogen and oxygen atoms in total. The molecule has 0 saturated carbocycles. The Balaban J connectivity index is 2.03. The Kier molecular flexibility index (Phi) is 4.58. The van der Waals surface area contributed by atoms with Crippen LogP contribution in [0.15, 0.2) is 24.3 Å². The molecular weight excluding hydrogens is 239 g/mol. The van der Waals surface area contributed by atoms with Gasteiger partial charge in [-0.2, -0.15) is 0 Å². The van der Waals surface area contributed by atoms with E-state index < -0.39 is 0 Å². The van der Waals surface area contributed by atoms with Crippen LogP contribution in [0.3, 0.4) is 0 Å². The molecule has 0 spiro atoms. The minimum absolute atomic E-state index is 0.115. The van der Waals surface area contributed by atoms with Crippen LogP contribution >= 0.6 is 0 Å². The highest BCUT2D eigenvalue weighted by Crippen LogP contribution is 2.28. The van der Waals surface area contributed by atoms with E-state index in [2.05, 4.69) is 25.7 Å². The topological polar surface area (TPSA) is 29.3 Å². The number of nitrogens with two attached hydrogens (primary N) is 1. The van der Waals surface area contributed by atoms with Gasteiger partial charge in [-0.3, -0.25) is 4.90 Å². The molecule has 106 valence electrons. The van der Waals surface area contributed by atoms with E-state index in [0.29, 0.717) is 17.9 Å². The molecule has 2 rings (SSSR count). The number of nitrogens with zero attached hydrogens (tertiary/aromatic N) is 1. The molecule has 1 fully saturated rings. The largest absolute Gasteiger partial charge is 0.323 e. The molecular formula is C16H25FN2. The summed E-state index contributed by atoms with van der Waals surface area (Å²) in [5.74, 6) is 1.20. The van der Waals surface area contributed by atoms with Crippen molar-refractivity contribution in [2.45, 2.75) is 39.3 Å². The van der Waals surface area contributed by atoms with Crippen molar-refractivity contribution in [3.63, 3.8) is 0 Å². The third-order valence-corrected chi connectivity index (χ3v) is 4.43. The van der Waals surface area contributed by atoms with Crippen LogP contribution in [0.25, 0.3) is 0 Å². The second-order valence-electron chi connectivity index (χ2n) is 6.17. The summed E-state index contributed by atoms with van der Waals surface area (Å²) in [5.41, 5.74) is 7.13. The summed E-state index contributed by atoms with van der Waals surface area (Å²) < 4.78 is 13.2. The SMILES string of the molecule is CC1CC(C)C(C)N(CC(N)c2cccc(F)c2)C1. The predicted molar refractivity (Wildman–Crippen MR) is 77.3 cm³/mol. The first-order valence-electron chi connectivity index (χ1n) is 7.22. The summed E-state index contributed by atoms with van der Waals surface area (Å²) in [6, 6.07) is 7.09. The fraction of sp³-hybridized carbons (Fsp3) is 0.625. The number of benzene rings is 1. The first-order valence-corrected chi connectivity index (χ1v) is 7.22. The summed E-state index contributed by atoms with van der Waals surface area (Å²) in [4.78, 5) is 2.45. The van der Waals surface area contributed by atoms with Gasteiger partial charge in [0.1, 0.15) is 5.82 Å². The molecule has 0 aliphatic carbocycles.